The first kappa shape index (κ1) is 14.9. The van der Waals surface area contributed by atoms with Crippen LogP contribution in [0.4, 0.5) is 11.4 Å². The number of ether oxygens (including phenoxy) is 1. The summed E-state index contributed by atoms with van der Waals surface area (Å²) in [6, 6.07) is 13.1. The highest BCUT2D eigenvalue weighted by atomic mass is 16.5. The van der Waals surface area contributed by atoms with Crippen molar-refractivity contribution in [3.63, 3.8) is 0 Å². The minimum Gasteiger partial charge on any atom is -0.494 e. The van der Waals surface area contributed by atoms with E-state index in [1.54, 1.807) is 7.05 Å². The van der Waals surface area contributed by atoms with Crippen LogP contribution in [0.3, 0.4) is 0 Å². The van der Waals surface area contributed by atoms with Crippen LogP contribution in [0.2, 0.25) is 0 Å². The van der Waals surface area contributed by atoms with Crippen LogP contribution >= 0.6 is 0 Å². The molecule has 110 valence electrons. The predicted octanol–water partition coefficient (Wildman–Crippen LogP) is 3.69. The van der Waals surface area contributed by atoms with Crippen molar-refractivity contribution >= 4 is 17.3 Å². The molecule has 2 aromatic rings. The third-order valence-electron chi connectivity index (χ3n) is 3.09. The molecular formula is C17H20N2O2. The van der Waals surface area contributed by atoms with Crippen molar-refractivity contribution < 1.29 is 9.53 Å². The molecule has 0 aliphatic carbocycles. The van der Waals surface area contributed by atoms with Crippen LogP contribution in [0.15, 0.2) is 42.5 Å². The minimum atomic E-state index is -0.142. The van der Waals surface area contributed by atoms with Gasteiger partial charge in [0.25, 0.3) is 5.91 Å². The molecule has 0 aliphatic heterocycles. The summed E-state index contributed by atoms with van der Waals surface area (Å²) in [5, 5.41) is 5.94. The number of hydrogen-bond donors (Lipinski definition) is 2. The van der Waals surface area contributed by atoms with Gasteiger partial charge in [0.1, 0.15) is 5.75 Å². The van der Waals surface area contributed by atoms with Gasteiger partial charge in [-0.1, -0.05) is 17.7 Å². The number of hydrogen-bond acceptors (Lipinski definition) is 3. The molecule has 4 heteroatoms. The SMILES string of the molecule is CCOc1cccc(NC(=O)c2cc(C)ccc2NC)c1. The van der Waals surface area contributed by atoms with Gasteiger partial charge in [-0.25, -0.2) is 0 Å². The van der Waals surface area contributed by atoms with E-state index < -0.39 is 0 Å². The summed E-state index contributed by atoms with van der Waals surface area (Å²) in [6.45, 7) is 4.49. The Morgan fingerprint density at radius 2 is 2.00 bits per heavy atom. The fourth-order valence-electron chi connectivity index (χ4n) is 2.09. The van der Waals surface area contributed by atoms with Gasteiger partial charge in [-0.05, 0) is 38.1 Å². The van der Waals surface area contributed by atoms with Crippen molar-refractivity contribution in [3.05, 3.63) is 53.6 Å². The van der Waals surface area contributed by atoms with Gasteiger partial charge in [-0.3, -0.25) is 4.79 Å². The molecule has 0 fully saturated rings. The zero-order valence-electron chi connectivity index (χ0n) is 12.6. The molecule has 0 spiro atoms. The average molecular weight is 284 g/mol. The first-order valence-corrected chi connectivity index (χ1v) is 6.96. The summed E-state index contributed by atoms with van der Waals surface area (Å²) < 4.78 is 5.43. The Balaban J connectivity index is 2.21. The van der Waals surface area contributed by atoms with Gasteiger partial charge in [0.2, 0.25) is 0 Å². The lowest BCUT2D eigenvalue weighted by atomic mass is 10.1. The first-order chi connectivity index (χ1) is 10.1. The highest BCUT2D eigenvalue weighted by molar-refractivity contribution is 6.08. The monoisotopic (exact) mass is 284 g/mol. The maximum Gasteiger partial charge on any atom is 0.257 e. The molecule has 0 bridgehead atoms. The number of benzene rings is 2. The fourth-order valence-corrected chi connectivity index (χ4v) is 2.09. The quantitative estimate of drug-likeness (QED) is 0.880. The summed E-state index contributed by atoms with van der Waals surface area (Å²) in [4.78, 5) is 12.4. The second kappa shape index (κ2) is 6.79. The van der Waals surface area contributed by atoms with E-state index in [-0.39, 0.29) is 5.91 Å². The van der Waals surface area contributed by atoms with Crippen LogP contribution in [0.5, 0.6) is 5.75 Å². The Morgan fingerprint density at radius 1 is 1.19 bits per heavy atom. The van der Waals surface area contributed by atoms with Gasteiger partial charge in [0.15, 0.2) is 0 Å². The number of rotatable bonds is 5. The molecular weight excluding hydrogens is 264 g/mol. The van der Waals surface area contributed by atoms with Gasteiger partial charge < -0.3 is 15.4 Å². The van der Waals surface area contributed by atoms with E-state index in [2.05, 4.69) is 10.6 Å². The van der Waals surface area contributed by atoms with Crippen LogP contribution in [-0.2, 0) is 0 Å². The molecule has 0 unspecified atom stereocenters. The normalized spacial score (nSPS) is 10.0. The Hall–Kier alpha value is -2.49. The lowest BCUT2D eigenvalue weighted by Crippen LogP contribution is -2.14. The molecule has 0 atom stereocenters. The molecule has 21 heavy (non-hydrogen) atoms. The molecule has 1 amide bonds. The average Bonchev–Trinajstić information content (AvgIpc) is 2.48. The Bertz CT molecular complexity index is 638. The molecule has 0 aromatic heterocycles. The Morgan fingerprint density at radius 3 is 2.71 bits per heavy atom. The molecule has 2 aromatic carbocycles. The Kier molecular flexibility index (Phi) is 4.82. The van der Waals surface area contributed by atoms with Gasteiger partial charge in [0.05, 0.1) is 12.2 Å². The summed E-state index contributed by atoms with van der Waals surface area (Å²) >= 11 is 0. The lowest BCUT2D eigenvalue weighted by molar-refractivity contribution is 0.102. The van der Waals surface area contributed by atoms with Crippen molar-refractivity contribution in [1.29, 1.82) is 0 Å². The highest BCUT2D eigenvalue weighted by Crippen LogP contribution is 2.21. The largest absolute Gasteiger partial charge is 0.494 e. The van der Waals surface area contributed by atoms with Crippen molar-refractivity contribution in [2.75, 3.05) is 24.3 Å². The molecule has 0 radical (unpaired) electrons. The number of aryl methyl sites for hydroxylation is 1. The van der Waals surface area contributed by atoms with E-state index in [1.807, 2.05) is 56.3 Å². The third-order valence-corrected chi connectivity index (χ3v) is 3.09. The van der Waals surface area contributed by atoms with Crippen LogP contribution in [0, 0.1) is 6.92 Å². The fraction of sp³-hybridized carbons (Fsp3) is 0.235. The predicted molar refractivity (Wildman–Crippen MR) is 86.3 cm³/mol. The zero-order valence-corrected chi connectivity index (χ0v) is 12.6. The van der Waals surface area contributed by atoms with Gasteiger partial charge in [-0.2, -0.15) is 0 Å². The maximum absolute atomic E-state index is 12.4. The van der Waals surface area contributed by atoms with E-state index in [4.69, 9.17) is 4.74 Å². The molecule has 0 aliphatic rings. The summed E-state index contributed by atoms with van der Waals surface area (Å²) in [5.74, 6) is 0.602. The smallest absolute Gasteiger partial charge is 0.257 e. The van der Waals surface area contributed by atoms with E-state index >= 15 is 0 Å². The van der Waals surface area contributed by atoms with Crippen LogP contribution in [0.1, 0.15) is 22.8 Å². The van der Waals surface area contributed by atoms with Crippen molar-refractivity contribution in [3.8, 4) is 5.75 Å². The molecule has 2 N–H and O–H groups in total. The van der Waals surface area contributed by atoms with Crippen molar-refractivity contribution in [1.82, 2.24) is 0 Å². The van der Waals surface area contributed by atoms with Crippen LogP contribution in [0.25, 0.3) is 0 Å². The van der Waals surface area contributed by atoms with Crippen LogP contribution < -0.4 is 15.4 Å². The van der Waals surface area contributed by atoms with Gasteiger partial charge in [-0.15, -0.1) is 0 Å². The minimum absolute atomic E-state index is 0.142. The third kappa shape index (κ3) is 3.75. The van der Waals surface area contributed by atoms with E-state index in [9.17, 15) is 4.79 Å². The van der Waals surface area contributed by atoms with Crippen molar-refractivity contribution in [2.45, 2.75) is 13.8 Å². The van der Waals surface area contributed by atoms with E-state index in [1.165, 1.54) is 0 Å². The van der Waals surface area contributed by atoms with Gasteiger partial charge >= 0.3 is 0 Å². The summed E-state index contributed by atoms with van der Waals surface area (Å²) in [6.07, 6.45) is 0. The highest BCUT2D eigenvalue weighted by Gasteiger charge is 2.11. The number of nitrogens with one attached hydrogen (secondary N) is 2. The zero-order chi connectivity index (χ0) is 15.2. The molecule has 0 saturated carbocycles. The molecule has 0 heterocycles. The van der Waals surface area contributed by atoms with Crippen LogP contribution in [-0.4, -0.2) is 19.6 Å². The number of anilines is 2. The summed E-state index contributed by atoms with van der Waals surface area (Å²) in [5.41, 5.74) is 3.19. The molecule has 0 saturated heterocycles. The standard InChI is InChI=1S/C17H20N2O2/c1-4-21-14-7-5-6-13(11-14)19-17(20)15-10-12(2)8-9-16(15)18-3/h5-11,18H,4H2,1-3H3,(H,19,20). The van der Waals surface area contributed by atoms with Crippen molar-refractivity contribution in [2.24, 2.45) is 0 Å². The summed E-state index contributed by atoms with van der Waals surface area (Å²) in [7, 11) is 1.80. The number of carbonyl (C=O) groups is 1. The van der Waals surface area contributed by atoms with Gasteiger partial charge in [0, 0.05) is 24.5 Å². The number of carbonyl (C=O) groups excluding carboxylic acids is 1. The second-order valence-corrected chi connectivity index (χ2v) is 4.71. The number of amides is 1. The molecule has 2 rings (SSSR count). The maximum atomic E-state index is 12.4. The molecule has 4 nitrogen and oxygen atoms in total. The lowest BCUT2D eigenvalue weighted by Gasteiger charge is -2.11. The topological polar surface area (TPSA) is 50.4 Å². The second-order valence-electron chi connectivity index (χ2n) is 4.71. The van der Waals surface area contributed by atoms with E-state index in [0.717, 1.165) is 22.7 Å². The Labute approximate surface area is 125 Å². The van der Waals surface area contributed by atoms with E-state index in [0.29, 0.717) is 12.2 Å². The first-order valence-electron chi connectivity index (χ1n) is 6.96.